The van der Waals surface area contributed by atoms with E-state index in [0.29, 0.717) is 16.8 Å². The molecule has 0 unspecified atom stereocenters. The number of hydrogen-bond donors (Lipinski definition) is 1. The maximum absolute atomic E-state index is 14.3. The van der Waals surface area contributed by atoms with Crippen LogP contribution in [0.25, 0.3) is 11.0 Å². The zero-order chi connectivity index (χ0) is 19.1. The molecule has 10 heteroatoms. The molecule has 0 atom stereocenters. The van der Waals surface area contributed by atoms with E-state index in [1.807, 2.05) is 0 Å². The smallest absolute Gasteiger partial charge is 0.267 e. The Hall–Kier alpha value is -2.65. The summed E-state index contributed by atoms with van der Waals surface area (Å²) in [7, 11) is -2.05. The molecule has 1 amide bonds. The minimum atomic E-state index is -3.83. The van der Waals surface area contributed by atoms with Gasteiger partial charge in [-0.3, -0.25) is 4.79 Å². The number of hydrogen-bond acceptors (Lipinski definition) is 5. The number of ether oxygens (including phenoxy) is 1. The molecule has 3 rings (SSSR count). The number of rotatable bonds is 4. The molecule has 0 saturated heterocycles. The maximum Gasteiger partial charge on any atom is 0.267 e. The quantitative estimate of drug-likeness (QED) is 0.731. The maximum atomic E-state index is 14.3. The zero-order valence-corrected chi connectivity index (χ0v) is 15.2. The molecule has 0 spiro atoms. The van der Waals surface area contributed by atoms with Gasteiger partial charge in [0.15, 0.2) is 5.75 Å². The molecule has 3 aromatic rings. The Morgan fingerprint density at radius 3 is 2.73 bits per heavy atom. The average Bonchev–Trinajstić information content (AvgIpc) is 2.91. The van der Waals surface area contributed by atoms with Gasteiger partial charge in [-0.05, 0) is 18.2 Å². The number of aryl methyl sites for hydroxylation is 1. The van der Waals surface area contributed by atoms with Gasteiger partial charge in [0.1, 0.15) is 17.1 Å². The van der Waals surface area contributed by atoms with Crippen LogP contribution in [0.15, 0.2) is 36.7 Å². The van der Waals surface area contributed by atoms with E-state index in [9.17, 15) is 17.6 Å². The summed E-state index contributed by atoms with van der Waals surface area (Å²) in [4.78, 5) is 16.0. The molecule has 1 heterocycles. The van der Waals surface area contributed by atoms with E-state index in [0.717, 1.165) is 18.4 Å². The molecule has 0 fully saturated rings. The number of aromatic nitrogens is 2. The van der Waals surface area contributed by atoms with Crippen LogP contribution in [-0.2, 0) is 17.1 Å². The van der Waals surface area contributed by atoms with E-state index < -0.39 is 27.3 Å². The number of nitrogens with one attached hydrogen (secondary N) is 1. The Labute approximate surface area is 153 Å². The monoisotopic (exact) mass is 397 g/mol. The number of carbonyl (C=O) groups is 1. The average molecular weight is 398 g/mol. The molecule has 1 aromatic heterocycles. The first-order valence-electron chi connectivity index (χ1n) is 7.25. The van der Waals surface area contributed by atoms with Crippen molar-refractivity contribution in [3.8, 4) is 11.5 Å². The fourth-order valence-corrected chi connectivity index (χ4v) is 3.03. The highest BCUT2D eigenvalue weighted by atomic mass is 35.5. The van der Waals surface area contributed by atoms with Crippen LogP contribution in [0.5, 0.6) is 11.5 Å². The van der Waals surface area contributed by atoms with Crippen LogP contribution in [-0.4, -0.2) is 30.1 Å². The number of amides is 1. The van der Waals surface area contributed by atoms with E-state index in [-0.39, 0.29) is 10.8 Å². The van der Waals surface area contributed by atoms with Crippen LogP contribution >= 0.6 is 11.6 Å². The first-order valence-corrected chi connectivity index (χ1v) is 9.51. The summed E-state index contributed by atoms with van der Waals surface area (Å²) >= 11 is 6.09. The SMILES string of the molecule is Cn1cnc2cccc(Oc3cc(F)c(C(=O)NS(C)(=O)=O)cc3Cl)c21. The van der Waals surface area contributed by atoms with Crippen molar-refractivity contribution in [2.45, 2.75) is 0 Å². The van der Waals surface area contributed by atoms with Gasteiger partial charge in [-0.2, -0.15) is 0 Å². The van der Waals surface area contributed by atoms with Crippen molar-refractivity contribution in [2.75, 3.05) is 6.26 Å². The van der Waals surface area contributed by atoms with Crippen molar-refractivity contribution in [3.63, 3.8) is 0 Å². The van der Waals surface area contributed by atoms with Crippen molar-refractivity contribution in [1.82, 2.24) is 14.3 Å². The molecule has 2 aromatic carbocycles. The van der Waals surface area contributed by atoms with Crippen LogP contribution in [0.2, 0.25) is 5.02 Å². The molecule has 0 aliphatic heterocycles. The van der Waals surface area contributed by atoms with Crippen LogP contribution in [0.3, 0.4) is 0 Å². The topological polar surface area (TPSA) is 90.3 Å². The molecular formula is C16H13ClFN3O4S. The number of nitrogens with zero attached hydrogens (tertiary/aromatic N) is 2. The van der Waals surface area contributed by atoms with Gasteiger partial charge < -0.3 is 9.30 Å². The lowest BCUT2D eigenvalue weighted by Gasteiger charge is -2.11. The van der Waals surface area contributed by atoms with Crippen molar-refractivity contribution < 1.29 is 22.3 Å². The summed E-state index contributed by atoms with van der Waals surface area (Å²) in [5.74, 6) is -1.71. The second-order valence-corrected chi connectivity index (χ2v) is 7.70. The first-order chi connectivity index (χ1) is 12.2. The van der Waals surface area contributed by atoms with Gasteiger partial charge in [0.05, 0.1) is 28.7 Å². The van der Waals surface area contributed by atoms with Crippen molar-refractivity contribution in [1.29, 1.82) is 0 Å². The zero-order valence-electron chi connectivity index (χ0n) is 13.7. The molecule has 1 N–H and O–H groups in total. The second kappa shape index (κ2) is 6.58. The Kier molecular flexibility index (Phi) is 4.59. The summed E-state index contributed by atoms with van der Waals surface area (Å²) in [6.07, 6.45) is 2.40. The van der Waals surface area contributed by atoms with Crippen LogP contribution in [0.1, 0.15) is 10.4 Å². The third-order valence-electron chi connectivity index (χ3n) is 3.46. The number of carbonyl (C=O) groups excluding carboxylic acids is 1. The molecule has 7 nitrogen and oxygen atoms in total. The highest BCUT2D eigenvalue weighted by Gasteiger charge is 2.19. The Morgan fingerprint density at radius 1 is 1.31 bits per heavy atom. The fourth-order valence-electron chi connectivity index (χ4n) is 2.38. The van der Waals surface area contributed by atoms with E-state index in [1.54, 1.807) is 40.9 Å². The Balaban J connectivity index is 1.98. The third kappa shape index (κ3) is 3.63. The predicted octanol–water partition coefficient (Wildman–Crippen LogP) is 2.85. The summed E-state index contributed by atoms with van der Waals surface area (Å²) < 4.78 is 45.7. The Bertz CT molecular complexity index is 1130. The van der Waals surface area contributed by atoms with Gasteiger partial charge >= 0.3 is 0 Å². The van der Waals surface area contributed by atoms with E-state index >= 15 is 0 Å². The largest absolute Gasteiger partial charge is 0.453 e. The van der Waals surface area contributed by atoms with Crippen molar-refractivity contribution in [3.05, 3.63) is 53.1 Å². The second-order valence-electron chi connectivity index (χ2n) is 5.55. The lowest BCUT2D eigenvalue weighted by atomic mass is 10.2. The summed E-state index contributed by atoms with van der Waals surface area (Å²) in [5, 5.41) is -0.0516. The normalized spacial score (nSPS) is 11.5. The summed E-state index contributed by atoms with van der Waals surface area (Å²) in [6, 6.07) is 7.12. The van der Waals surface area contributed by atoms with Gasteiger partial charge in [0.25, 0.3) is 5.91 Å². The molecule has 136 valence electrons. The highest BCUT2D eigenvalue weighted by molar-refractivity contribution is 7.89. The fraction of sp³-hybridized carbons (Fsp3) is 0.125. The highest BCUT2D eigenvalue weighted by Crippen LogP contribution is 2.34. The van der Waals surface area contributed by atoms with Gasteiger partial charge in [-0.25, -0.2) is 22.5 Å². The lowest BCUT2D eigenvalue weighted by molar-refractivity contribution is 0.0977. The Morgan fingerprint density at radius 2 is 2.04 bits per heavy atom. The van der Waals surface area contributed by atoms with Crippen molar-refractivity contribution >= 4 is 38.6 Å². The molecular weight excluding hydrogens is 385 g/mol. The number of sulfonamides is 1. The van der Waals surface area contributed by atoms with Crippen LogP contribution in [0.4, 0.5) is 4.39 Å². The van der Waals surface area contributed by atoms with Crippen LogP contribution in [0, 0.1) is 5.82 Å². The third-order valence-corrected chi connectivity index (χ3v) is 4.32. The number of para-hydroxylation sites is 1. The molecule has 0 saturated carbocycles. The molecule has 0 radical (unpaired) electrons. The van der Waals surface area contributed by atoms with E-state index in [4.69, 9.17) is 16.3 Å². The molecule has 0 aliphatic rings. The lowest BCUT2D eigenvalue weighted by Crippen LogP contribution is -2.30. The molecule has 0 aliphatic carbocycles. The number of fused-ring (bicyclic) bond motifs is 1. The van der Waals surface area contributed by atoms with E-state index in [2.05, 4.69) is 4.98 Å². The number of imidazole rings is 1. The minimum absolute atomic E-state index is 0.0197. The molecule has 26 heavy (non-hydrogen) atoms. The number of benzene rings is 2. The van der Waals surface area contributed by atoms with Gasteiger partial charge in [0.2, 0.25) is 10.0 Å². The summed E-state index contributed by atoms with van der Waals surface area (Å²) in [6.45, 7) is 0. The van der Waals surface area contributed by atoms with Gasteiger partial charge in [-0.15, -0.1) is 0 Å². The van der Waals surface area contributed by atoms with Gasteiger partial charge in [-0.1, -0.05) is 17.7 Å². The van der Waals surface area contributed by atoms with Crippen LogP contribution < -0.4 is 9.46 Å². The molecule has 0 bridgehead atoms. The van der Waals surface area contributed by atoms with Gasteiger partial charge in [0, 0.05) is 13.1 Å². The van der Waals surface area contributed by atoms with E-state index in [1.165, 1.54) is 0 Å². The predicted molar refractivity (Wildman–Crippen MR) is 94.5 cm³/mol. The minimum Gasteiger partial charge on any atom is -0.453 e. The summed E-state index contributed by atoms with van der Waals surface area (Å²) in [5.41, 5.74) is 0.861. The first kappa shape index (κ1) is 18.2. The standard InChI is InChI=1S/C16H13ClFN3O4S/c1-21-8-19-12-4-3-5-13(15(12)21)25-14-7-11(18)9(6-10(14)17)16(22)20-26(2,23)24/h3-8H,1-2H3,(H,20,22). The van der Waals surface area contributed by atoms with Crippen molar-refractivity contribution in [2.24, 2.45) is 7.05 Å². The number of halogens is 2.